The monoisotopic (exact) mass is 481 g/mol. The molecule has 1 saturated heterocycles. The molecule has 0 aromatic heterocycles. The number of Topliss-reactive ketones (excluding diaryl/α,β-unsaturated/α-hetero) is 1. The molecular weight excluding hydrogens is 446 g/mol. The van der Waals surface area contributed by atoms with E-state index in [0.29, 0.717) is 49.4 Å². The van der Waals surface area contributed by atoms with Gasteiger partial charge < -0.3 is 23.8 Å². The largest absolute Gasteiger partial charge is 0.493 e. The van der Waals surface area contributed by atoms with Crippen LogP contribution < -0.4 is 14.2 Å². The average molecular weight is 482 g/mol. The predicted molar refractivity (Wildman–Crippen MR) is 132 cm³/mol. The molecule has 0 bridgehead atoms. The Morgan fingerprint density at radius 1 is 1.06 bits per heavy atom. The Kier molecular flexibility index (Phi) is 7.36. The van der Waals surface area contributed by atoms with Gasteiger partial charge in [0.2, 0.25) is 0 Å². The van der Waals surface area contributed by atoms with Crippen molar-refractivity contribution in [2.24, 2.45) is 0 Å². The molecule has 2 aliphatic heterocycles. The van der Waals surface area contributed by atoms with Crippen LogP contribution >= 0.6 is 0 Å². The molecule has 1 fully saturated rings. The van der Waals surface area contributed by atoms with E-state index in [1.165, 1.54) is 0 Å². The highest BCUT2D eigenvalue weighted by atomic mass is 16.5. The van der Waals surface area contributed by atoms with E-state index in [4.69, 9.17) is 18.9 Å². The zero-order valence-electron chi connectivity index (χ0n) is 21.2. The third-order valence-corrected chi connectivity index (χ3v) is 6.83. The van der Waals surface area contributed by atoms with Gasteiger partial charge in [-0.2, -0.15) is 0 Å². The van der Waals surface area contributed by atoms with Gasteiger partial charge in [-0.3, -0.25) is 9.59 Å². The number of ether oxygens (including phenoxy) is 4. The van der Waals surface area contributed by atoms with Gasteiger partial charge in [0.1, 0.15) is 17.5 Å². The number of carbonyl (C=O) groups is 2. The minimum absolute atomic E-state index is 0.00341. The van der Waals surface area contributed by atoms with E-state index in [-0.39, 0.29) is 23.9 Å². The number of ketones is 1. The van der Waals surface area contributed by atoms with Gasteiger partial charge in [-0.25, -0.2) is 0 Å². The maximum Gasteiger partial charge on any atom is 0.253 e. The summed E-state index contributed by atoms with van der Waals surface area (Å²) in [7, 11) is 1.57. The third-order valence-electron chi connectivity index (χ3n) is 6.83. The first-order chi connectivity index (χ1) is 16.7. The molecule has 0 N–H and O–H groups in total. The lowest BCUT2D eigenvalue weighted by atomic mass is 9.81. The Morgan fingerprint density at radius 2 is 1.77 bits per heavy atom. The highest BCUT2D eigenvalue weighted by Gasteiger charge is 2.45. The molecule has 2 aliphatic rings. The second-order valence-corrected chi connectivity index (χ2v) is 9.73. The van der Waals surface area contributed by atoms with E-state index in [2.05, 4.69) is 0 Å². The minimum atomic E-state index is -0.484. The Labute approximate surface area is 207 Å². The van der Waals surface area contributed by atoms with E-state index < -0.39 is 11.7 Å². The van der Waals surface area contributed by atoms with Gasteiger partial charge >= 0.3 is 0 Å². The maximum absolute atomic E-state index is 13.3. The van der Waals surface area contributed by atoms with Gasteiger partial charge in [-0.15, -0.1) is 0 Å². The highest BCUT2D eigenvalue weighted by Crippen LogP contribution is 2.46. The van der Waals surface area contributed by atoms with Crippen LogP contribution in [0.5, 0.6) is 17.2 Å². The third kappa shape index (κ3) is 5.45. The van der Waals surface area contributed by atoms with Crippen LogP contribution in [0.25, 0.3) is 0 Å². The van der Waals surface area contributed by atoms with Crippen molar-refractivity contribution >= 4 is 11.7 Å². The standard InChI is InChI=1S/C28H35NO6/c1-18(2)33-24-11-10-21(16-25(24)32-5)27(31)29-14-12-28(13-15-29)17-26(34-20(4)19(3)30)22-8-6-7-9-23(22)35-28/h6-11,16,18,20,26H,12-15,17H2,1-5H3. The topological polar surface area (TPSA) is 74.3 Å². The lowest BCUT2D eigenvalue weighted by Crippen LogP contribution is -2.52. The summed E-state index contributed by atoms with van der Waals surface area (Å²) in [5, 5.41) is 0. The minimum Gasteiger partial charge on any atom is -0.493 e. The predicted octanol–water partition coefficient (Wildman–Crippen LogP) is 4.98. The maximum atomic E-state index is 13.3. The van der Waals surface area contributed by atoms with Crippen LogP contribution in [-0.2, 0) is 9.53 Å². The normalized spacial score (nSPS) is 19.6. The lowest BCUT2D eigenvalue weighted by molar-refractivity contribution is -0.137. The first-order valence-electron chi connectivity index (χ1n) is 12.3. The second kappa shape index (κ2) is 10.3. The fourth-order valence-corrected chi connectivity index (χ4v) is 4.78. The summed E-state index contributed by atoms with van der Waals surface area (Å²) in [6.45, 7) is 8.38. The quantitative estimate of drug-likeness (QED) is 0.556. The van der Waals surface area contributed by atoms with Crippen molar-refractivity contribution in [2.45, 2.75) is 70.9 Å². The summed E-state index contributed by atoms with van der Waals surface area (Å²) in [4.78, 5) is 27.0. The van der Waals surface area contributed by atoms with Crippen molar-refractivity contribution in [3.63, 3.8) is 0 Å². The van der Waals surface area contributed by atoms with Crippen molar-refractivity contribution in [2.75, 3.05) is 20.2 Å². The molecule has 1 spiro atoms. The number of methoxy groups -OCH3 is 1. The lowest BCUT2D eigenvalue weighted by Gasteiger charge is -2.47. The first-order valence-corrected chi connectivity index (χ1v) is 12.3. The summed E-state index contributed by atoms with van der Waals surface area (Å²) in [6, 6.07) is 13.2. The van der Waals surface area contributed by atoms with Gasteiger partial charge in [-0.1, -0.05) is 18.2 Å². The molecule has 7 heteroatoms. The van der Waals surface area contributed by atoms with E-state index in [0.717, 1.165) is 11.3 Å². The number of likely N-dealkylation sites (tertiary alicyclic amines) is 1. The zero-order chi connectivity index (χ0) is 25.2. The molecule has 0 aliphatic carbocycles. The fraction of sp³-hybridized carbons (Fsp3) is 0.500. The van der Waals surface area contributed by atoms with Crippen molar-refractivity contribution in [3.8, 4) is 17.2 Å². The first kappa shape index (κ1) is 25.0. The molecule has 1 amide bonds. The number of fused-ring (bicyclic) bond motifs is 1. The van der Waals surface area contributed by atoms with E-state index in [9.17, 15) is 9.59 Å². The molecule has 2 aromatic rings. The Balaban J connectivity index is 1.47. The van der Waals surface area contributed by atoms with Crippen LogP contribution in [-0.4, -0.2) is 54.6 Å². The van der Waals surface area contributed by atoms with E-state index in [1.54, 1.807) is 39.2 Å². The number of hydrogen-bond acceptors (Lipinski definition) is 6. The van der Waals surface area contributed by atoms with Gasteiger partial charge in [0, 0.05) is 43.5 Å². The van der Waals surface area contributed by atoms with Gasteiger partial charge in [-0.05, 0) is 52.0 Å². The summed E-state index contributed by atoms with van der Waals surface area (Å²) in [5.74, 6) is 1.93. The summed E-state index contributed by atoms with van der Waals surface area (Å²) >= 11 is 0. The number of piperidine rings is 1. The number of benzene rings is 2. The van der Waals surface area contributed by atoms with Crippen molar-refractivity contribution in [1.29, 1.82) is 0 Å². The van der Waals surface area contributed by atoms with Crippen LogP contribution in [0, 0.1) is 0 Å². The average Bonchev–Trinajstić information content (AvgIpc) is 2.84. The van der Waals surface area contributed by atoms with Crippen LogP contribution in [0.15, 0.2) is 42.5 Å². The summed E-state index contributed by atoms with van der Waals surface area (Å²) in [6.07, 6.45) is 1.33. The number of rotatable bonds is 7. The van der Waals surface area contributed by atoms with Crippen molar-refractivity contribution < 1.29 is 28.5 Å². The molecule has 4 rings (SSSR count). The van der Waals surface area contributed by atoms with E-state index >= 15 is 0 Å². The second-order valence-electron chi connectivity index (χ2n) is 9.73. The molecule has 188 valence electrons. The number of carbonyl (C=O) groups excluding carboxylic acids is 2. The highest BCUT2D eigenvalue weighted by molar-refractivity contribution is 5.95. The smallest absolute Gasteiger partial charge is 0.253 e. The van der Waals surface area contributed by atoms with Crippen LogP contribution in [0.4, 0.5) is 0 Å². The Morgan fingerprint density at radius 3 is 2.43 bits per heavy atom. The molecule has 0 radical (unpaired) electrons. The zero-order valence-corrected chi connectivity index (χ0v) is 21.2. The van der Waals surface area contributed by atoms with E-state index in [1.807, 2.05) is 43.0 Å². The molecule has 0 saturated carbocycles. The van der Waals surface area contributed by atoms with Gasteiger partial charge in [0.15, 0.2) is 17.3 Å². The molecule has 35 heavy (non-hydrogen) atoms. The number of para-hydroxylation sites is 1. The molecule has 2 heterocycles. The van der Waals surface area contributed by atoms with Crippen LogP contribution in [0.1, 0.15) is 69.0 Å². The summed E-state index contributed by atoms with van der Waals surface area (Å²) in [5.41, 5.74) is 1.11. The number of amides is 1. The van der Waals surface area contributed by atoms with Gasteiger partial charge in [0.05, 0.1) is 19.3 Å². The molecule has 7 nitrogen and oxygen atoms in total. The number of nitrogens with zero attached hydrogens (tertiary/aromatic N) is 1. The summed E-state index contributed by atoms with van der Waals surface area (Å²) < 4.78 is 23.9. The molecule has 2 unspecified atom stereocenters. The SMILES string of the molecule is COc1cc(C(=O)N2CCC3(CC2)CC(OC(C)C(C)=O)c2ccccc2O3)ccc1OC(C)C. The molecule has 2 atom stereocenters. The Hall–Kier alpha value is -3.06. The van der Waals surface area contributed by atoms with Crippen molar-refractivity contribution in [3.05, 3.63) is 53.6 Å². The molecular formula is C28H35NO6. The Bertz CT molecular complexity index is 1070. The van der Waals surface area contributed by atoms with Crippen molar-refractivity contribution in [1.82, 2.24) is 4.90 Å². The van der Waals surface area contributed by atoms with Crippen LogP contribution in [0.3, 0.4) is 0 Å². The molecule has 2 aromatic carbocycles. The van der Waals surface area contributed by atoms with Gasteiger partial charge in [0.25, 0.3) is 5.91 Å². The van der Waals surface area contributed by atoms with Crippen LogP contribution in [0.2, 0.25) is 0 Å². The fourth-order valence-electron chi connectivity index (χ4n) is 4.78. The number of hydrogen-bond donors (Lipinski definition) is 0.